The zero-order valence-corrected chi connectivity index (χ0v) is 42.4. The second-order valence-electron chi connectivity index (χ2n) is 14.9. The maximum absolute atomic E-state index is 2.63. The van der Waals surface area contributed by atoms with E-state index in [1.54, 1.807) is 0 Å². The third-order valence-corrected chi connectivity index (χ3v) is 20.6. The lowest BCUT2D eigenvalue weighted by atomic mass is 10.0. The van der Waals surface area contributed by atoms with E-state index in [0.717, 1.165) is 0 Å². The molecule has 0 unspecified atom stereocenters. The highest BCUT2D eigenvalue weighted by Crippen LogP contribution is 2.60. The Hall–Kier alpha value is -4.22. The van der Waals surface area contributed by atoms with Crippen molar-refractivity contribution in [2.45, 2.75) is 57.5 Å². The molecule has 0 fully saturated rings. The summed E-state index contributed by atoms with van der Waals surface area (Å²) < 4.78 is 0.107. The smallest absolute Gasteiger partial charge is 0.0849 e. The first kappa shape index (κ1) is 46.9. The van der Waals surface area contributed by atoms with E-state index in [4.69, 9.17) is 0 Å². The van der Waals surface area contributed by atoms with E-state index in [-0.39, 0.29) is 18.3 Å². The Morgan fingerprint density at radius 1 is 0.167 bits per heavy atom. The molecule has 0 saturated carbocycles. The van der Waals surface area contributed by atoms with Gasteiger partial charge in [0.05, 0.1) is 18.3 Å². The molecule has 0 bridgehead atoms. The lowest BCUT2D eigenvalue weighted by Crippen LogP contribution is -2.08. The molecule has 0 aromatic heterocycles. The first-order chi connectivity index (χ1) is 32.7. The van der Waals surface area contributed by atoms with Crippen LogP contribution in [0, 0.1) is 0 Å². The van der Waals surface area contributed by atoms with E-state index < -0.39 is 0 Å². The maximum Gasteiger partial charge on any atom is 0.0849 e. The number of benzene rings is 9. The maximum atomic E-state index is 2.63. The van der Waals surface area contributed by atoms with E-state index in [1.165, 1.54) is 61.4 Å². The average molecular weight is 1000 g/mol. The van der Waals surface area contributed by atoms with Crippen molar-refractivity contribution in [3.8, 4) is 0 Å². The Morgan fingerprint density at radius 2 is 0.288 bits per heavy atom. The highest BCUT2D eigenvalue weighted by molar-refractivity contribution is 8.18. The van der Waals surface area contributed by atoms with Gasteiger partial charge in [0, 0.05) is 39.2 Å². The average Bonchev–Trinajstić information content (AvgIpc) is 3.38. The summed E-state index contributed by atoms with van der Waals surface area (Å²) >= 11 is 15.6. The van der Waals surface area contributed by atoms with Crippen LogP contribution in [0.4, 0.5) is 0 Å². The van der Waals surface area contributed by atoms with Gasteiger partial charge in [-0.25, -0.2) is 0 Å². The summed E-state index contributed by atoms with van der Waals surface area (Å²) in [5.74, 6) is 0. The zero-order valence-electron chi connectivity index (χ0n) is 35.8. The van der Waals surface area contributed by atoms with Crippen molar-refractivity contribution in [2.75, 3.05) is 0 Å². The molecule has 0 aliphatic rings. The van der Waals surface area contributed by atoms with Crippen LogP contribution in [-0.2, 0) is 0 Å². The Labute approximate surface area is 424 Å². The van der Waals surface area contributed by atoms with E-state index in [9.17, 15) is 0 Å². The molecule has 0 aliphatic carbocycles. The van der Waals surface area contributed by atoms with Gasteiger partial charge in [0.25, 0.3) is 0 Å². The summed E-state index contributed by atoms with van der Waals surface area (Å²) in [6, 6.07) is 93.0. The van der Waals surface area contributed by atoms with Gasteiger partial charge in [-0.1, -0.05) is 158 Å². The largest absolute Gasteiger partial charge is 0.106 e. The van der Waals surface area contributed by atoms with E-state index >= 15 is 0 Å². The van der Waals surface area contributed by atoms with Gasteiger partial charge in [-0.3, -0.25) is 0 Å². The van der Waals surface area contributed by atoms with Crippen molar-refractivity contribution in [3.63, 3.8) is 0 Å². The number of thioether (sulfide) groups is 8. The molecule has 66 heavy (non-hydrogen) atoms. The lowest BCUT2D eigenvalue weighted by molar-refractivity contribution is 1.14. The van der Waals surface area contributed by atoms with E-state index in [1.807, 2.05) is 94.1 Å². The van der Waals surface area contributed by atoms with Crippen molar-refractivity contribution < 1.29 is 0 Å². The molecule has 326 valence electrons. The van der Waals surface area contributed by atoms with Crippen molar-refractivity contribution in [1.29, 1.82) is 0 Å². The zero-order chi connectivity index (χ0) is 44.6. The molecule has 0 spiro atoms. The van der Waals surface area contributed by atoms with Crippen LogP contribution in [-0.4, -0.2) is 0 Å². The summed E-state index contributed by atoms with van der Waals surface area (Å²) in [5, 5.41) is 0. The summed E-state index contributed by atoms with van der Waals surface area (Å²) in [4.78, 5) is 9.97. The predicted molar refractivity (Wildman–Crippen MR) is 296 cm³/mol. The molecule has 0 heterocycles. The highest BCUT2D eigenvalue weighted by atomic mass is 32.2. The lowest BCUT2D eigenvalue weighted by Gasteiger charge is -2.31. The Bertz CT molecular complexity index is 2250. The third-order valence-electron chi connectivity index (χ3n) is 10.2. The quantitative estimate of drug-likeness (QED) is 0.0540. The first-order valence-electron chi connectivity index (χ1n) is 21.6. The summed E-state index contributed by atoms with van der Waals surface area (Å²) in [6.07, 6.45) is 0. The molecule has 0 amide bonds. The molecule has 0 aliphatic heterocycles. The van der Waals surface area contributed by atoms with Crippen LogP contribution >= 0.6 is 94.1 Å². The number of rotatable bonds is 20. The molecule has 0 N–H and O–H groups in total. The van der Waals surface area contributed by atoms with Gasteiger partial charge >= 0.3 is 0 Å². The summed E-state index contributed by atoms with van der Waals surface area (Å²) in [7, 11) is 0. The molecule has 9 aromatic carbocycles. The summed E-state index contributed by atoms with van der Waals surface area (Å²) in [5.41, 5.74) is 5.37. The van der Waals surface area contributed by atoms with Crippen molar-refractivity contribution in [1.82, 2.24) is 0 Å². The number of hydrogen-bond acceptors (Lipinski definition) is 8. The van der Waals surface area contributed by atoms with Crippen LogP contribution in [0.5, 0.6) is 0 Å². The summed E-state index contributed by atoms with van der Waals surface area (Å²) in [6.45, 7) is 0. The fourth-order valence-electron chi connectivity index (χ4n) is 7.07. The second-order valence-corrected chi connectivity index (χ2v) is 25.5. The minimum Gasteiger partial charge on any atom is -0.106 e. The van der Waals surface area contributed by atoms with Crippen molar-refractivity contribution in [2.24, 2.45) is 0 Å². The van der Waals surface area contributed by atoms with Gasteiger partial charge in [-0.05, 0) is 119 Å². The molecule has 0 nitrogen and oxygen atoms in total. The Kier molecular flexibility index (Phi) is 17.5. The highest BCUT2D eigenvalue weighted by Gasteiger charge is 2.32. The van der Waals surface area contributed by atoms with Gasteiger partial charge < -0.3 is 0 Å². The minimum atomic E-state index is 0.0268. The van der Waals surface area contributed by atoms with E-state index in [0.29, 0.717) is 0 Å². The molecule has 9 rings (SSSR count). The van der Waals surface area contributed by atoms with Gasteiger partial charge in [0.2, 0.25) is 0 Å². The third kappa shape index (κ3) is 13.5. The van der Waals surface area contributed by atoms with Gasteiger partial charge in [0.1, 0.15) is 0 Å². The molecule has 0 radical (unpaired) electrons. The van der Waals surface area contributed by atoms with Crippen LogP contribution in [0.15, 0.2) is 294 Å². The molecular weight excluding hydrogens is 953 g/mol. The van der Waals surface area contributed by atoms with Gasteiger partial charge in [0.15, 0.2) is 0 Å². The first-order valence-corrected chi connectivity index (χ1v) is 28.7. The van der Waals surface area contributed by atoms with E-state index in [2.05, 4.69) is 255 Å². The molecular formula is C58H46S8. The molecule has 0 saturated heterocycles. The normalized spacial score (nSPS) is 11.5. The SMILES string of the molecule is c1ccc(SC(Sc2ccccc2)c2cc(C(Sc3ccccc3)Sc3ccccc3)c(C(Sc3ccccc3)Sc3ccccc3)cc2C(Sc2ccccc2)Sc2ccccc2)cc1. The molecule has 9 aromatic rings. The van der Waals surface area contributed by atoms with Crippen LogP contribution in [0.25, 0.3) is 0 Å². The second kappa shape index (κ2) is 24.7. The Morgan fingerprint density at radius 3 is 0.409 bits per heavy atom. The monoisotopic (exact) mass is 998 g/mol. The minimum absolute atomic E-state index is 0.0268. The Balaban J connectivity index is 1.33. The topological polar surface area (TPSA) is 0 Å². The van der Waals surface area contributed by atoms with Crippen LogP contribution in [0.3, 0.4) is 0 Å². The van der Waals surface area contributed by atoms with Crippen LogP contribution < -0.4 is 0 Å². The molecule has 8 heteroatoms. The van der Waals surface area contributed by atoms with Crippen LogP contribution in [0.2, 0.25) is 0 Å². The number of hydrogen-bond donors (Lipinski definition) is 0. The standard InChI is InChI=1S/C58H46S8/c1-9-25-43(26-10-1)59-55(60-44-27-11-2-12-28-44)51-41-53(57(63-47-33-17-5-18-34-47)64-48-35-19-6-20-36-48)54(58(65-49-37-21-7-22-38-49)66-50-39-23-8-24-40-50)42-52(51)56(61-45-29-13-3-14-30-45)62-46-31-15-4-16-32-46/h1-42,55-58H. The van der Waals surface area contributed by atoms with Crippen LogP contribution in [0.1, 0.15) is 40.6 Å². The molecule has 0 atom stereocenters. The van der Waals surface area contributed by atoms with Gasteiger partial charge in [-0.15, -0.1) is 94.1 Å². The predicted octanol–water partition coefficient (Wildman–Crippen LogP) is 20.0. The fraction of sp³-hybridized carbons (Fsp3) is 0.0690. The van der Waals surface area contributed by atoms with Crippen molar-refractivity contribution >= 4 is 94.1 Å². The van der Waals surface area contributed by atoms with Gasteiger partial charge in [-0.2, -0.15) is 0 Å². The fourth-order valence-corrected chi connectivity index (χ4v) is 17.6. The van der Waals surface area contributed by atoms with Crippen molar-refractivity contribution in [3.05, 3.63) is 277 Å².